The number of rotatable bonds is 1. The second-order valence-electron chi connectivity index (χ2n) is 13.5. The van der Waals surface area contributed by atoms with Gasteiger partial charge in [0.05, 0.1) is 11.4 Å². The molecule has 4 aliphatic rings. The Morgan fingerprint density at radius 2 is 1.24 bits per heavy atom. The molecule has 0 fully saturated rings. The molecule has 4 heterocycles. The van der Waals surface area contributed by atoms with E-state index in [9.17, 15) is 0 Å². The van der Waals surface area contributed by atoms with E-state index in [1.54, 1.807) is 0 Å². The fourth-order valence-electron chi connectivity index (χ4n) is 8.70. The smallest absolute Gasteiger partial charge is 0.248 e. The Kier molecular flexibility index (Phi) is 4.20. The summed E-state index contributed by atoms with van der Waals surface area (Å²) in [4.78, 5) is 2.53. The van der Waals surface area contributed by atoms with Gasteiger partial charge >= 0.3 is 0 Å². The summed E-state index contributed by atoms with van der Waals surface area (Å²) in [7, 11) is 0. The maximum absolute atomic E-state index is 6.66. The van der Waals surface area contributed by atoms with Gasteiger partial charge in [0, 0.05) is 16.5 Å². The number of para-hydroxylation sites is 2. The van der Waals surface area contributed by atoms with E-state index in [4.69, 9.17) is 4.74 Å². The van der Waals surface area contributed by atoms with Crippen LogP contribution in [0.25, 0.3) is 11.1 Å². The summed E-state index contributed by atoms with van der Waals surface area (Å²) < 4.78 is 6.66. The second kappa shape index (κ2) is 7.34. The van der Waals surface area contributed by atoms with Crippen molar-refractivity contribution in [2.24, 2.45) is 0 Å². The van der Waals surface area contributed by atoms with Gasteiger partial charge in [0.25, 0.3) is 0 Å². The summed E-state index contributed by atoms with van der Waals surface area (Å²) in [5.41, 5.74) is 18.8. The molecular formula is C38H32BNO. The van der Waals surface area contributed by atoms with Gasteiger partial charge in [0.1, 0.15) is 0 Å². The van der Waals surface area contributed by atoms with Crippen molar-refractivity contribution in [2.75, 3.05) is 4.90 Å². The van der Waals surface area contributed by atoms with Crippen molar-refractivity contribution in [3.8, 4) is 22.6 Å². The number of ether oxygens (including phenoxy) is 1. The van der Waals surface area contributed by atoms with Gasteiger partial charge in [-0.1, -0.05) is 93.8 Å². The average Bonchev–Trinajstić information content (AvgIpc) is 2.95. The molecule has 9 rings (SSSR count). The van der Waals surface area contributed by atoms with Crippen molar-refractivity contribution in [3.05, 3.63) is 118 Å². The number of benzene rings is 5. The fraction of sp³-hybridized carbons (Fsp3) is 0.211. The summed E-state index contributed by atoms with van der Waals surface area (Å²) >= 11 is 0. The van der Waals surface area contributed by atoms with Crippen LogP contribution in [-0.4, -0.2) is 6.71 Å². The van der Waals surface area contributed by atoms with Crippen LogP contribution < -0.4 is 26.0 Å². The lowest BCUT2D eigenvalue weighted by molar-refractivity contribution is 0.476. The number of anilines is 3. The molecule has 0 amide bonds. The molecule has 4 aliphatic heterocycles. The SMILES string of the molecule is Cc1cccc(C)c1-c1cc2c3c(c1)C(C)(C)c1cccc4c1B3c1c(ccc3c1N2c1ccccc1O3)C4(C)C. The Morgan fingerprint density at radius 1 is 0.585 bits per heavy atom. The Bertz CT molecular complexity index is 2000. The molecule has 0 saturated heterocycles. The third-order valence-electron chi connectivity index (χ3n) is 10.6. The van der Waals surface area contributed by atoms with E-state index in [0.29, 0.717) is 0 Å². The molecule has 198 valence electrons. The zero-order chi connectivity index (χ0) is 28.0. The predicted molar refractivity (Wildman–Crippen MR) is 171 cm³/mol. The van der Waals surface area contributed by atoms with Crippen molar-refractivity contribution in [2.45, 2.75) is 52.4 Å². The highest BCUT2D eigenvalue weighted by atomic mass is 16.5. The first-order valence-corrected chi connectivity index (χ1v) is 14.8. The zero-order valence-corrected chi connectivity index (χ0v) is 24.5. The molecule has 0 radical (unpaired) electrons. The van der Waals surface area contributed by atoms with Crippen LogP contribution in [0.1, 0.15) is 61.1 Å². The summed E-state index contributed by atoms with van der Waals surface area (Å²) in [5.74, 6) is 1.87. The number of nitrogens with zero attached hydrogens (tertiary/aromatic N) is 1. The highest BCUT2D eigenvalue weighted by Crippen LogP contribution is 2.55. The van der Waals surface area contributed by atoms with Crippen molar-refractivity contribution in [3.63, 3.8) is 0 Å². The molecule has 2 nitrogen and oxygen atoms in total. The van der Waals surface area contributed by atoms with Crippen LogP contribution in [-0.2, 0) is 10.8 Å². The lowest BCUT2D eigenvalue weighted by Gasteiger charge is -2.52. The van der Waals surface area contributed by atoms with Crippen molar-refractivity contribution in [1.82, 2.24) is 0 Å². The molecule has 0 aliphatic carbocycles. The molecule has 0 atom stereocenters. The van der Waals surface area contributed by atoms with Crippen molar-refractivity contribution < 1.29 is 4.74 Å². The van der Waals surface area contributed by atoms with Crippen LogP contribution in [0, 0.1) is 13.8 Å². The Hall–Kier alpha value is -4.24. The molecular weight excluding hydrogens is 497 g/mol. The van der Waals surface area contributed by atoms with E-state index in [-0.39, 0.29) is 17.5 Å². The topological polar surface area (TPSA) is 12.5 Å². The molecule has 0 saturated carbocycles. The summed E-state index contributed by atoms with van der Waals surface area (Å²) in [6.07, 6.45) is 0. The molecule has 0 bridgehead atoms. The van der Waals surface area contributed by atoms with Crippen LogP contribution in [0.2, 0.25) is 0 Å². The first-order chi connectivity index (χ1) is 19.7. The van der Waals surface area contributed by atoms with Gasteiger partial charge in [0.15, 0.2) is 11.5 Å². The molecule has 0 aromatic heterocycles. The molecule has 41 heavy (non-hydrogen) atoms. The van der Waals surface area contributed by atoms with Crippen LogP contribution >= 0.6 is 0 Å². The van der Waals surface area contributed by atoms with Crippen molar-refractivity contribution in [1.29, 1.82) is 0 Å². The van der Waals surface area contributed by atoms with Crippen molar-refractivity contribution >= 4 is 40.2 Å². The van der Waals surface area contributed by atoms with Gasteiger partial charge in [-0.25, -0.2) is 0 Å². The van der Waals surface area contributed by atoms with Gasteiger partial charge in [-0.15, -0.1) is 0 Å². The van der Waals surface area contributed by atoms with Gasteiger partial charge in [-0.3, -0.25) is 0 Å². The van der Waals surface area contributed by atoms with Gasteiger partial charge in [0.2, 0.25) is 6.71 Å². The lowest BCUT2D eigenvalue weighted by atomic mass is 9.26. The van der Waals surface area contributed by atoms with Crippen LogP contribution in [0.15, 0.2) is 84.9 Å². The van der Waals surface area contributed by atoms with Crippen LogP contribution in [0.3, 0.4) is 0 Å². The second-order valence-corrected chi connectivity index (χ2v) is 13.5. The standard InChI is InChI=1S/C38H32BNO/c1-21-11-9-12-22(2)32(21)23-19-27-34-29(20-23)40-28-15-7-8-16-30(28)41-31-18-17-26-35(36(31)40)39(34)33-24(37(26,3)4)13-10-14-25(33)38(27,5)6/h7-20H,1-6H3. The fourth-order valence-corrected chi connectivity index (χ4v) is 8.70. The van der Waals surface area contributed by atoms with Gasteiger partial charge in [-0.05, 0) is 93.5 Å². The summed E-state index contributed by atoms with van der Waals surface area (Å²) in [6, 6.07) is 31.8. The van der Waals surface area contributed by atoms with E-state index in [1.807, 2.05) is 0 Å². The van der Waals surface area contributed by atoms with Crippen LogP contribution in [0.5, 0.6) is 11.5 Å². The molecule has 0 N–H and O–H groups in total. The average molecular weight is 529 g/mol. The maximum atomic E-state index is 6.66. The Labute approximate surface area is 242 Å². The minimum absolute atomic E-state index is 0.113. The predicted octanol–water partition coefficient (Wildman–Crippen LogP) is 7.65. The van der Waals surface area contributed by atoms with E-state index in [2.05, 4.69) is 131 Å². The lowest BCUT2D eigenvalue weighted by Crippen LogP contribution is -2.69. The quantitative estimate of drug-likeness (QED) is 0.203. The molecule has 5 aromatic carbocycles. The normalized spacial score (nSPS) is 17.0. The third-order valence-corrected chi connectivity index (χ3v) is 10.6. The molecule has 0 unspecified atom stereocenters. The molecule has 3 heteroatoms. The number of hydrogen-bond donors (Lipinski definition) is 0. The Morgan fingerprint density at radius 3 is 2.00 bits per heavy atom. The van der Waals surface area contributed by atoms with E-state index in [1.165, 1.54) is 72.3 Å². The third kappa shape index (κ3) is 2.66. The first kappa shape index (κ1) is 23.5. The minimum Gasteiger partial charge on any atom is -0.453 e. The highest BCUT2D eigenvalue weighted by molar-refractivity contribution is 7.00. The Balaban J connectivity index is 1.49. The van der Waals surface area contributed by atoms with Crippen LogP contribution in [0.4, 0.5) is 17.1 Å². The number of hydrogen-bond acceptors (Lipinski definition) is 2. The molecule has 0 spiro atoms. The maximum Gasteiger partial charge on any atom is 0.248 e. The van der Waals surface area contributed by atoms with E-state index >= 15 is 0 Å². The number of aryl methyl sites for hydroxylation is 2. The molecule has 5 aromatic rings. The summed E-state index contributed by atoms with van der Waals surface area (Å²) in [6.45, 7) is 14.4. The van der Waals surface area contributed by atoms with E-state index < -0.39 is 0 Å². The van der Waals surface area contributed by atoms with Gasteiger partial charge in [-0.2, -0.15) is 0 Å². The van der Waals surface area contributed by atoms with E-state index in [0.717, 1.165) is 17.2 Å². The van der Waals surface area contributed by atoms with Gasteiger partial charge < -0.3 is 9.64 Å². The summed E-state index contributed by atoms with van der Waals surface area (Å²) in [5, 5.41) is 0. The largest absolute Gasteiger partial charge is 0.453 e. The number of fused-ring (bicyclic) bond motifs is 3. The zero-order valence-electron chi connectivity index (χ0n) is 24.5. The first-order valence-electron chi connectivity index (χ1n) is 14.8. The minimum atomic E-state index is -0.146. The highest BCUT2D eigenvalue weighted by Gasteiger charge is 2.54. The monoisotopic (exact) mass is 529 g/mol.